The predicted molar refractivity (Wildman–Crippen MR) is 76.3 cm³/mol. The average molecular weight is 291 g/mol. The second-order valence-corrected chi connectivity index (χ2v) is 5.57. The Labute approximate surface area is 121 Å². The van der Waals surface area contributed by atoms with Crippen LogP contribution in [0.5, 0.6) is 0 Å². The Bertz CT molecular complexity index is 590. The molecule has 3 rings (SSSR count). The van der Waals surface area contributed by atoms with E-state index >= 15 is 0 Å². The van der Waals surface area contributed by atoms with Gasteiger partial charge in [0.05, 0.1) is 23.2 Å². The van der Waals surface area contributed by atoms with E-state index in [1.807, 2.05) is 0 Å². The second-order valence-electron chi connectivity index (χ2n) is 5.57. The molecule has 1 aromatic rings. The Kier molecular flexibility index (Phi) is 3.50. The molecule has 0 spiro atoms. The van der Waals surface area contributed by atoms with E-state index in [0.29, 0.717) is 11.3 Å². The van der Waals surface area contributed by atoms with Crippen LogP contribution in [0.2, 0.25) is 0 Å². The molecule has 112 valence electrons. The molecule has 0 radical (unpaired) electrons. The molecular weight excluding hydrogens is 274 g/mol. The van der Waals surface area contributed by atoms with E-state index in [4.69, 9.17) is 4.74 Å². The zero-order chi connectivity index (χ0) is 15.0. The van der Waals surface area contributed by atoms with Gasteiger partial charge >= 0.3 is 6.03 Å². The Morgan fingerprint density at radius 1 is 1.43 bits per heavy atom. The number of carbonyl (C=O) groups is 1. The fourth-order valence-electron chi connectivity index (χ4n) is 3.02. The Morgan fingerprint density at radius 2 is 2.24 bits per heavy atom. The van der Waals surface area contributed by atoms with Crippen LogP contribution in [0.3, 0.4) is 0 Å². The third-order valence-electron chi connectivity index (χ3n) is 4.09. The highest BCUT2D eigenvalue weighted by molar-refractivity contribution is 5.90. The van der Waals surface area contributed by atoms with Gasteiger partial charge in [-0.2, -0.15) is 0 Å². The molecule has 0 aromatic heterocycles. The van der Waals surface area contributed by atoms with Crippen molar-refractivity contribution in [3.63, 3.8) is 0 Å². The van der Waals surface area contributed by atoms with Crippen LogP contribution in [0.15, 0.2) is 18.2 Å². The van der Waals surface area contributed by atoms with E-state index < -0.39 is 4.92 Å². The molecule has 2 N–H and O–H groups in total. The highest BCUT2D eigenvalue weighted by Gasteiger charge is 2.41. The first-order chi connectivity index (χ1) is 10.0. The number of nitrogens with one attached hydrogen (secondary N) is 2. The standard InChI is InChI=1S/C14H17N3O4/c1-8-6-9(17(19)20)2-4-11(8)15-14(18)16-12-7-10-3-5-13(12)21-10/h2,4,6,10,12-13H,3,5,7H2,1H3,(H2,15,16,18)/t10-,12-,13+/m1/s1. The molecule has 7 nitrogen and oxygen atoms in total. The van der Waals surface area contributed by atoms with E-state index in [0.717, 1.165) is 19.3 Å². The second kappa shape index (κ2) is 5.33. The van der Waals surface area contributed by atoms with Crippen molar-refractivity contribution in [3.8, 4) is 0 Å². The number of fused-ring (bicyclic) bond motifs is 2. The molecule has 7 heteroatoms. The number of hydrogen-bond donors (Lipinski definition) is 2. The van der Waals surface area contributed by atoms with Gasteiger partial charge < -0.3 is 15.4 Å². The van der Waals surface area contributed by atoms with Gasteiger partial charge in [0.1, 0.15) is 0 Å². The van der Waals surface area contributed by atoms with Gasteiger partial charge in [0.2, 0.25) is 0 Å². The van der Waals surface area contributed by atoms with Crippen molar-refractivity contribution in [1.82, 2.24) is 5.32 Å². The normalized spacial score (nSPS) is 26.6. The summed E-state index contributed by atoms with van der Waals surface area (Å²) >= 11 is 0. The van der Waals surface area contributed by atoms with Crippen molar-refractivity contribution in [1.29, 1.82) is 0 Å². The van der Waals surface area contributed by atoms with Crippen molar-refractivity contribution in [2.45, 2.75) is 44.4 Å². The fourth-order valence-corrected chi connectivity index (χ4v) is 3.02. The van der Waals surface area contributed by atoms with Crippen LogP contribution >= 0.6 is 0 Å². The first-order valence-electron chi connectivity index (χ1n) is 7.01. The number of nitro groups is 1. The molecule has 21 heavy (non-hydrogen) atoms. The average Bonchev–Trinajstić information content (AvgIpc) is 3.03. The van der Waals surface area contributed by atoms with Crippen LogP contribution in [0, 0.1) is 17.0 Å². The molecule has 2 fully saturated rings. The molecule has 1 aromatic carbocycles. The number of anilines is 1. The molecule has 2 heterocycles. The summed E-state index contributed by atoms with van der Waals surface area (Å²) in [6.45, 7) is 1.73. The van der Waals surface area contributed by atoms with Gasteiger partial charge in [-0.3, -0.25) is 10.1 Å². The maximum Gasteiger partial charge on any atom is 0.319 e. The molecule has 2 bridgehead atoms. The van der Waals surface area contributed by atoms with E-state index in [-0.39, 0.29) is 30.0 Å². The SMILES string of the molecule is Cc1cc([N+](=O)[O-])ccc1NC(=O)N[C@@H]1C[C@H]2CC[C@@H]1O2. The summed E-state index contributed by atoms with van der Waals surface area (Å²) < 4.78 is 5.68. The summed E-state index contributed by atoms with van der Waals surface area (Å²) in [5.74, 6) is 0. The number of urea groups is 1. The largest absolute Gasteiger partial charge is 0.373 e. The van der Waals surface area contributed by atoms with Crippen LogP contribution in [0.25, 0.3) is 0 Å². The van der Waals surface area contributed by atoms with Gasteiger partial charge in [-0.1, -0.05) is 0 Å². The third-order valence-corrected chi connectivity index (χ3v) is 4.09. The van der Waals surface area contributed by atoms with E-state index in [2.05, 4.69) is 10.6 Å². The monoisotopic (exact) mass is 291 g/mol. The summed E-state index contributed by atoms with van der Waals surface area (Å²) in [5, 5.41) is 16.3. The third kappa shape index (κ3) is 2.82. The van der Waals surface area contributed by atoms with Gasteiger partial charge in [-0.15, -0.1) is 0 Å². The number of ether oxygens (including phenoxy) is 1. The summed E-state index contributed by atoms with van der Waals surface area (Å²) in [6, 6.07) is 4.12. The molecule has 2 aliphatic heterocycles. The smallest absolute Gasteiger partial charge is 0.319 e. The zero-order valence-electron chi connectivity index (χ0n) is 11.7. The van der Waals surface area contributed by atoms with Gasteiger partial charge in [0, 0.05) is 17.8 Å². The first-order valence-corrected chi connectivity index (χ1v) is 7.01. The lowest BCUT2D eigenvalue weighted by Crippen LogP contribution is -2.43. The van der Waals surface area contributed by atoms with E-state index in [9.17, 15) is 14.9 Å². The Hall–Kier alpha value is -2.15. The Morgan fingerprint density at radius 3 is 2.81 bits per heavy atom. The highest BCUT2D eigenvalue weighted by Crippen LogP contribution is 2.34. The van der Waals surface area contributed by atoms with Crippen LogP contribution in [0.1, 0.15) is 24.8 Å². The number of non-ortho nitro benzene ring substituents is 1. The number of benzene rings is 1. The lowest BCUT2D eigenvalue weighted by Gasteiger charge is -2.20. The van der Waals surface area contributed by atoms with Crippen LogP contribution < -0.4 is 10.6 Å². The maximum absolute atomic E-state index is 12.0. The number of nitro benzene ring substituents is 1. The van der Waals surface area contributed by atoms with Crippen molar-refractivity contribution in [2.75, 3.05) is 5.32 Å². The van der Waals surface area contributed by atoms with Gasteiger partial charge in [0.25, 0.3) is 5.69 Å². The lowest BCUT2D eigenvalue weighted by atomic mass is 9.96. The number of hydrogen-bond acceptors (Lipinski definition) is 4. The topological polar surface area (TPSA) is 93.5 Å². The highest BCUT2D eigenvalue weighted by atomic mass is 16.6. The van der Waals surface area contributed by atoms with Crippen LogP contribution in [0.4, 0.5) is 16.2 Å². The summed E-state index contributed by atoms with van der Waals surface area (Å²) in [5.41, 5.74) is 1.24. The van der Waals surface area contributed by atoms with Crippen molar-refractivity contribution >= 4 is 17.4 Å². The Balaban J connectivity index is 1.61. The number of carbonyl (C=O) groups excluding carboxylic acids is 1. The molecule has 2 saturated heterocycles. The summed E-state index contributed by atoms with van der Waals surface area (Å²) in [7, 11) is 0. The maximum atomic E-state index is 12.0. The van der Waals surface area contributed by atoms with Crippen LogP contribution in [-0.4, -0.2) is 29.2 Å². The molecule has 2 aliphatic rings. The first kappa shape index (κ1) is 13.8. The summed E-state index contributed by atoms with van der Waals surface area (Å²) in [4.78, 5) is 22.2. The van der Waals surface area contributed by atoms with Crippen molar-refractivity contribution in [3.05, 3.63) is 33.9 Å². The number of amides is 2. The van der Waals surface area contributed by atoms with E-state index in [1.165, 1.54) is 12.1 Å². The molecule has 3 atom stereocenters. The molecule has 0 unspecified atom stereocenters. The minimum atomic E-state index is -0.455. The summed E-state index contributed by atoms with van der Waals surface area (Å²) in [6.07, 6.45) is 3.33. The van der Waals surface area contributed by atoms with Crippen LogP contribution in [-0.2, 0) is 4.74 Å². The molecule has 0 aliphatic carbocycles. The van der Waals surface area contributed by atoms with Gasteiger partial charge in [-0.25, -0.2) is 4.79 Å². The molecule has 2 amide bonds. The minimum Gasteiger partial charge on any atom is -0.373 e. The number of rotatable bonds is 3. The zero-order valence-corrected chi connectivity index (χ0v) is 11.7. The predicted octanol–water partition coefficient (Wildman–Crippen LogP) is 2.34. The number of aryl methyl sites for hydroxylation is 1. The molecule has 0 saturated carbocycles. The van der Waals surface area contributed by atoms with Crippen molar-refractivity contribution < 1.29 is 14.5 Å². The lowest BCUT2D eigenvalue weighted by molar-refractivity contribution is -0.384. The quantitative estimate of drug-likeness (QED) is 0.660. The van der Waals surface area contributed by atoms with Gasteiger partial charge in [-0.05, 0) is 37.8 Å². The number of nitrogens with zero attached hydrogens (tertiary/aromatic N) is 1. The minimum absolute atomic E-state index is 0.0139. The van der Waals surface area contributed by atoms with E-state index in [1.54, 1.807) is 13.0 Å². The molecular formula is C14H17N3O4. The van der Waals surface area contributed by atoms with Gasteiger partial charge in [0.15, 0.2) is 0 Å². The van der Waals surface area contributed by atoms with Crippen molar-refractivity contribution in [2.24, 2.45) is 0 Å². The fraction of sp³-hybridized carbons (Fsp3) is 0.500.